The molecule has 0 aliphatic heterocycles. The first kappa shape index (κ1) is 15.0. The Bertz CT molecular complexity index is 639. The van der Waals surface area contributed by atoms with Crippen LogP contribution in [0.15, 0.2) is 48.5 Å². The summed E-state index contributed by atoms with van der Waals surface area (Å²) in [5.74, 6) is -0.885. The predicted octanol–water partition coefficient (Wildman–Crippen LogP) is 3.20. The molecule has 0 saturated heterocycles. The number of hydrogen-bond donors (Lipinski definition) is 2. The number of carbonyl (C=O) groups is 1. The van der Waals surface area contributed by atoms with Gasteiger partial charge in [-0.2, -0.15) is 0 Å². The summed E-state index contributed by atoms with van der Waals surface area (Å²) in [6.45, 7) is 3.76. The lowest BCUT2D eigenvalue weighted by Gasteiger charge is -2.29. The lowest BCUT2D eigenvalue weighted by atomic mass is 9.90. The van der Waals surface area contributed by atoms with Crippen molar-refractivity contribution in [3.05, 3.63) is 65.5 Å². The summed E-state index contributed by atoms with van der Waals surface area (Å²) in [6.07, 6.45) is 0.922. The molecular weight excluding hydrogens is 267 g/mol. The average molecular weight is 286 g/mol. The highest BCUT2D eigenvalue weighted by atomic mass is 19.1. The van der Waals surface area contributed by atoms with Crippen LogP contribution in [0.25, 0.3) is 0 Å². The number of anilines is 1. The number of rotatable bonds is 5. The van der Waals surface area contributed by atoms with Gasteiger partial charge in [0.1, 0.15) is 11.4 Å². The van der Waals surface area contributed by atoms with Crippen molar-refractivity contribution >= 4 is 11.6 Å². The zero-order valence-corrected chi connectivity index (χ0v) is 12.2. The van der Waals surface area contributed by atoms with Gasteiger partial charge in [0, 0.05) is 5.69 Å². The Balaban J connectivity index is 2.37. The lowest BCUT2D eigenvalue weighted by molar-refractivity contribution is -0.122. The summed E-state index contributed by atoms with van der Waals surface area (Å²) in [5, 5.41) is 3.03. The van der Waals surface area contributed by atoms with Gasteiger partial charge in [-0.1, -0.05) is 37.3 Å². The van der Waals surface area contributed by atoms with Crippen molar-refractivity contribution < 1.29 is 9.18 Å². The van der Waals surface area contributed by atoms with Gasteiger partial charge >= 0.3 is 0 Å². The first-order chi connectivity index (χ1) is 9.95. The number of amides is 1. The molecule has 1 atom stereocenters. The molecule has 0 spiro atoms. The Morgan fingerprint density at radius 1 is 1.24 bits per heavy atom. The van der Waals surface area contributed by atoms with E-state index in [1.165, 1.54) is 17.7 Å². The van der Waals surface area contributed by atoms with Gasteiger partial charge in [-0.25, -0.2) is 4.39 Å². The Morgan fingerprint density at radius 3 is 2.43 bits per heavy atom. The van der Waals surface area contributed by atoms with Gasteiger partial charge in [0.2, 0.25) is 5.91 Å². The SMILES string of the molecule is CCc1ccc(C(C)(Nc2cccc(F)c2)C(N)=O)cc1. The average Bonchev–Trinajstić information content (AvgIpc) is 2.47. The molecule has 0 bridgehead atoms. The van der Waals surface area contributed by atoms with E-state index in [-0.39, 0.29) is 5.82 Å². The van der Waals surface area contributed by atoms with E-state index in [0.717, 1.165) is 12.0 Å². The lowest BCUT2D eigenvalue weighted by Crippen LogP contribution is -2.45. The van der Waals surface area contributed by atoms with Gasteiger partial charge in [-0.05, 0) is 42.7 Å². The molecule has 2 rings (SSSR count). The molecule has 3 nitrogen and oxygen atoms in total. The second-order valence-corrected chi connectivity index (χ2v) is 5.18. The second kappa shape index (κ2) is 5.95. The number of halogens is 1. The van der Waals surface area contributed by atoms with Crippen molar-refractivity contribution in [1.82, 2.24) is 0 Å². The van der Waals surface area contributed by atoms with Gasteiger partial charge in [0.15, 0.2) is 0 Å². The number of aryl methyl sites for hydroxylation is 1. The first-order valence-corrected chi connectivity index (χ1v) is 6.89. The van der Waals surface area contributed by atoms with Crippen LogP contribution in [0.5, 0.6) is 0 Å². The first-order valence-electron chi connectivity index (χ1n) is 6.89. The molecule has 2 aromatic carbocycles. The van der Waals surface area contributed by atoms with Crippen molar-refractivity contribution in [3.63, 3.8) is 0 Å². The van der Waals surface area contributed by atoms with Gasteiger partial charge in [0.05, 0.1) is 0 Å². The number of carbonyl (C=O) groups excluding carboxylic acids is 1. The molecule has 0 aromatic heterocycles. The molecule has 0 fully saturated rings. The topological polar surface area (TPSA) is 55.1 Å². The van der Waals surface area contributed by atoms with Crippen molar-refractivity contribution in [2.45, 2.75) is 25.8 Å². The zero-order chi connectivity index (χ0) is 15.5. The minimum Gasteiger partial charge on any atom is -0.368 e. The Hall–Kier alpha value is -2.36. The normalized spacial score (nSPS) is 13.5. The summed E-state index contributed by atoms with van der Waals surface area (Å²) in [7, 11) is 0. The largest absolute Gasteiger partial charge is 0.368 e. The van der Waals surface area contributed by atoms with Crippen molar-refractivity contribution in [1.29, 1.82) is 0 Å². The maximum Gasteiger partial charge on any atom is 0.247 e. The molecule has 1 amide bonds. The molecule has 0 aliphatic carbocycles. The molecular formula is C17H19FN2O. The molecule has 1 unspecified atom stereocenters. The van der Waals surface area contributed by atoms with Crippen molar-refractivity contribution in [3.8, 4) is 0 Å². The van der Waals surface area contributed by atoms with Crippen LogP contribution in [0.2, 0.25) is 0 Å². The summed E-state index contributed by atoms with van der Waals surface area (Å²) >= 11 is 0. The van der Waals surface area contributed by atoms with E-state index >= 15 is 0 Å². The number of primary amides is 1. The summed E-state index contributed by atoms with van der Waals surface area (Å²) in [6, 6.07) is 13.6. The summed E-state index contributed by atoms with van der Waals surface area (Å²) < 4.78 is 13.3. The van der Waals surface area contributed by atoms with E-state index in [2.05, 4.69) is 12.2 Å². The van der Waals surface area contributed by atoms with E-state index in [1.54, 1.807) is 19.1 Å². The standard InChI is InChI=1S/C17H19FN2O/c1-3-12-7-9-13(10-8-12)17(2,16(19)21)20-15-6-4-5-14(18)11-15/h4-11,20H,3H2,1-2H3,(H2,19,21). The quantitative estimate of drug-likeness (QED) is 0.886. The fourth-order valence-electron chi connectivity index (χ4n) is 2.20. The minimum atomic E-state index is -1.10. The third-order valence-corrected chi connectivity index (χ3v) is 3.65. The van der Waals surface area contributed by atoms with E-state index in [0.29, 0.717) is 5.69 Å². The summed E-state index contributed by atoms with van der Waals surface area (Å²) in [5.41, 5.74) is 6.90. The van der Waals surface area contributed by atoms with Crippen LogP contribution in [0, 0.1) is 5.82 Å². The molecule has 0 aliphatic rings. The van der Waals surface area contributed by atoms with E-state index < -0.39 is 11.4 Å². The third kappa shape index (κ3) is 3.21. The van der Waals surface area contributed by atoms with Crippen LogP contribution in [0.3, 0.4) is 0 Å². The molecule has 21 heavy (non-hydrogen) atoms. The molecule has 110 valence electrons. The number of benzene rings is 2. The molecule has 0 saturated carbocycles. The number of nitrogens with one attached hydrogen (secondary N) is 1. The van der Waals surface area contributed by atoms with Crippen LogP contribution in [-0.2, 0) is 16.8 Å². The Kier molecular flexibility index (Phi) is 4.26. The predicted molar refractivity (Wildman–Crippen MR) is 82.4 cm³/mol. The van der Waals surface area contributed by atoms with Crippen LogP contribution in [-0.4, -0.2) is 5.91 Å². The van der Waals surface area contributed by atoms with Crippen molar-refractivity contribution in [2.75, 3.05) is 5.32 Å². The van der Waals surface area contributed by atoms with E-state index in [4.69, 9.17) is 5.73 Å². The van der Waals surface area contributed by atoms with Crippen LogP contribution in [0.4, 0.5) is 10.1 Å². The highest BCUT2D eigenvalue weighted by molar-refractivity contribution is 5.89. The van der Waals surface area contributed by atoms with Crippen molar-refractivity contribution in [2.24, 2.45) is 5.73 Å². The number of nitrogens with two attached hydrogens (primary N) is 1. The number of hydrogen-bond acceptors (Lipinski definition) is 2. The zero-order valence-electron chi connectivity index (χ0n) is 12.2. The molecule has 4 heteroatoms. The van der Waals surface area contributed by atoms with E-state index in [9.17, 15) is 9.18 Å². The molecule has 2 aromatic rings. The van der Waals surface area contributed by atoms with Gasteiger partial charge < -0.3 is 11.1 Å². The fourth-order valence-corrected chi connectivity index (χ4v) is 2.20. The van der Waals surface area contributed by atoms with Crippen LogP contribution >= 0.6 is 0 Å². The highest BCUT2D eigenvalue weighted by Gasteiger charge is 2.33. The van der Waals surface area contributed by atoms with Gasteiger partial charge in [-0.15, -0.1) is 0 Å². The van der Waals surface area contributed by atoms with Gasteiger partial charge in [0.25, 0.3) is 0 Å². The smallest absolute Gasteiger partial charge is 0.247 e. The second-order valence-electron chi connectivity index (χ2n) is 5.18. The molecule has 3 N–H and O–H groups in total. The Labute approximate surface area is 124 Å². The molecule has 0 heterocycles. The van der Waals surface area contributed by atoms with Crippen LogP contribution < -0.4 is 11.1 Å². The Morgan fingerprint density at radius 2 is 1.90 bits per heavy atom. The minimum absolute atomic E-state index is 0.367. The highest BCUT2D eigenvalue weighted by Crippen LogP contribution is 2.26. The summed E-state index contributed by atoms with van der Waals surface area (Å²) in [4.78, 5) is 11.9. The maximum atomic E-state index is 13.3. The third-order valence-electron chi connectivity index (χ3n) is 3.65. The van der Waals surface area contributed by atoms with Gasteiger partial charge in [-0.3, -0.25) is 4.79 Å². The van der Waals surface area contributed by atoms with E-state index in [1.807, 2.05) is 24.3 Å². The van der Waals surface area contributed by atoms with Crippen LogP contribution in [0.1, 0.15) is 25.0 Å². The molecule has 0 radical (unpaired) electrons. The fraction of sp³-hybridized carbons (Fsp3) is 0.235. The monoisotopic (exact) mass is 286 g/mol. The maximum absolute atomic E-state index is 13.3.